The molecule has 172 valence electrons. The Morgan fingerprint density at radius 2 is 1.82 bits per heavy atom. The van der Waals surface area contributed by atoms with Crippen molar-refractivity contribution in [3.63, 3.8) is 0 Å². The Morgan fingerprint density at radius 3 is 2.52 bits per heavy atom. The van der Waals surface area contributed by atoms with Crippen molar-refractivity contribution < 1.29 is 4.79 Å². The summed E-state index contributed by atoms with van der Waals surface area (Å²) in [6, 6.07) is 13.9. The molecular weight excluding hydrogens is 477 g/mol. The largest absolute Gasteiger partial charge is 0.299 e. The number of hydrogen-bond donors (Lipinski definition) is 1. The van der Waals surface area contributed by atoms with Crippen LogP contribution in [0.2, 0.25) is 10.0 Å². The monoisotopic (exact) mass is 501 g/mol. The van der Waals surface area contributed by atoms with Crippen LogP contribution in [0.4, 0.5) is 0 Å². The number of aromatic nitrogens is 3. The van der Waals surface area contributed by atoms with Gasteiger partial charge in [0.25, 0.3) is 5.91 Å². The lowest BCUT2D eigenvalue weighted by molar-refractivity contribution is -0.118. The molecule has 0 bridgehead atoms. The molecule has 0 unspecified atom stereocenters. The molecule has 0 radical (unpaired) electrons. The van der Waals surface area contributed by atoms with Crippen LogP contribution in [0, 0.1) is 6.92 Å². The number of aryl methyl sites for hydroxylation is 1. The van der Waals surface area contributed by atoms with Crippen molar-refractivity contribution in [1.29, 1.82) is 0 Å². The first-order valence-corrected chi connectivity index (χ1v) is 12.7. The number of hydrazone groups is 1. The summed E-state index contributed by atoms with van der Waals surface area (Å²) in [7, 11) is 0. The lowest BCUT2D eigenvalue weighted by Gasteiger charge is -2.25. The van der Waals surface area contributed by atoms with E-state index in [9.17, 15) is 4.79 Å². The quantitative estimate of drug-likeness (QED) is 0.234. The molecule has 1 fully saturated rings. The molecule has 0 aliphatic heterocycles. The van der Waals surface area contributed by atoms with Crippen LogP contribution < -0.4 is 5.43 Å². The number of nitrogens with one attached hydrogen (secondary N) is 1. The highest BCUT2D eigenvalue weighted by Crippen LogP contribution is 2.35. The first-order chi connectivity index (χ1) is 16.0. The van der Waals surface area contributed by atoms with Gasteiger partial charge >= 0.3 is 0 Å². The van der Waals surface area contributed by atoms with Gasteiger partial charge in [0.15, 0.2) is 11.0 Å². The Bertz CT molecular complexity index is 1120. The van der Waals surface area contributed by atoms with Crippen LogP contribution in [0.15, 0.2) is 52.7 Å². The first kappa shape index (κ1) is 23.8. The highest BCUT2D eigenvalue weighted by Gasteiger charge is 2.24. The van der Waals surface area contributed by atoms with Gasteiger partial charge in [-0.1, -0.05) is 90.1 Å². The topological polar surface area (TPSA) is 72.2 Å². The second-order valence-corrected chi connectivity index (χ2v) is 9.81. The van der Waals surface area contributed by atoms with E-state index in [0.29, 0.717) is 21.7 Å². The molecule has 0 atom stereocenters. The molecule has 3 aromatic rings. The standard InChI is InChI=1S/C24H25Cl2N5OS/c1-16-10-12-17(13-11-16)23-29-30-24(31(23)18-6-3-2-4-7-18)33-15-22(32)28-27-14-19-20(25)8-5-9-21(19)26/h5,8-14,18H,2-4,6-7,15H2,1H3,(H,28,32)/b27-14+. The number of hydrogen-bond acceptors (Lipinski definition) is 5. The van der Waals surface area contributed by atoms with Gasteiger partial charge in [-0.2, -0.15) is 5.10 Å². The van der Waals surface area contributed by atoms with E-state index in [0.717, 1.165) is 29.4 Å². The lowest BCUT2D eigenvalue weighted by atomic mass is 9.95. The molecule has 1 aromatic heterocycles. The third-order valence-electron chi connectivity index (χ3n) is 5.63. The Balaban J connectivity index is 1.46. The number of carbonyl (C=O) groups is 1. The smallest absolute Gasteiger partial charge is 0.250 e. The van der Waals surface area contributed by atoms with Crippen LogP contribution in [0.1, 0.15) is 49.3 Å². The molecule has 4 rings (SSSR count). The third kappa shape index (κ3) is 5.96. The number of nitrogens with zero attached hydrogens (tertiary/aromatic N) is 4. The van der Waals surface area contributed by atoms with E-state index in [2.05, 4.69) is 56.5 Å². The van der Waals surface area contributed by atoms with Crippen LogP contribution in [0.5, 0.6) is 0 Å². The van der Waals surface area contributed by atoms with E-state index >= 15 is 0 Å². The van der Waals surface area contributed by atoms with Gasteiger partial charge in [-0.15, -0.1) is 10.2 Å². The van der Waals surface area contributed by atoms with E-state index in [1.54, 1.807) is 18.2 Å². The van der Waals surface area contributed by atoms with Crippen molar-refractivity contribution in [3.8, 4) is 11.4 Å². The van der Waals surface area contributed by atoms with E-state index in [1.807, 2.05) is 0 Å². The van der Waals surface area contributed by atoms with E-state index in [1.165, 1.54) is 42.8 Å². The molecule has 9 heteroatoms. The van der Waals surface area contributed by atoms with Crippen LogP contribution in [0.25, 0.3) is 11.4 Å². The lowest BCUT2D eigenvalue weighted by Crippen LogP contribution is -2.20. The zero-order valence-electron chi connectivity index (χ0n) is 18.3. The maximum Gasteiger partial charge on any atom is 0.250 e. The molecule has 2 aromatic carbocycles. The summed E-state index contributed by atoms with van der Waals surface area (Å²) in [5, 5.41) is 14.6. The average molecular weight is 502 g/mol. The minimum Gasteiger partial charge on any atom is -0.299 e. The molecule has 33 heavy (non-hydrogen) atoms. The minimum atomic E-state index is -0.241. The fraction of sp³-hybridized carbons (Fsp3) is 0.333. The van der Waals surface area contributed by atoms with E-state index in [-0.39, 0.29) is 11.7 Å². The number of amides is 1. The molecule has 0 spiro atoms. The summed E-state index contributed by atoms with van der Waals surface area (Å²) in [5.41, 5.74) is 5.34. The van der Waals surface area contributed by atoms with Gasteiger partial charge in [0.05, 0.1) is 22.0 Å². The van der Waals surface area contributed by atoms with Crippen molar-refractivity contribution >= 4 is 47.1 Å². The average Bonchev–Trinajstić information content (AvgIpc) is 3.24. The van der Waals surface area contributed by atoms with Crippen LogP contribution >= 0.6 is 35.0 Å². The van der Waals surface area contributed by atoms with E-state index in [4.69, 9.17) is 23.2 Å². The summed E-state index contributed by atoms with van der Waals surface area (Å²) < 4.78 is 2.22. The maximum absolute atomic E-state index is 12.4. The molecular formula is C24H25Cl2N5OS. The minimum absolute atomic E-state index is 0.173. The van der Waals surface area contributed by atoms with Crippen molar-refractivity contribution in [3.05, 3.63) is 63.6 Å². The zero-order valence-corrected chi connectivity index (χ0v) is 20.6. The second kappa shape index (κ2) is 11.2. The Hall–Kier alpha value is -2.35. The molecule has 1 saturated carbocycles. The second-order valence-electron chi connectivity index (χ2n) is 8.05. The molecule has 0 saturated heterocycles. The Morgan fingerprint density at radius 1 is 1.12 bits per heavy atom. The van der Waals surface area contributed by atoms with Crippen molar-refractivity contribution in [1.82, 2.24) is 20.2 Å². The first-order valence-electron chi connectivity index (χ1n) is 10.9. The molecule has 1 aliphatic carbocycles. The van der Waals surface area contributed by atoms with Crippen molar-refractivity contribution in [2.24, 2.45) is 5.10 Å². The molecule has 1 amide bonds. The molecule has 6 nitrogen and oxygen atoms in total. The highest BCUT2D eigenvalue weighted by atomic mass is 35.5. The van der Waals surface area contributed by atoms with Crippen LogP contribution in [-0.4, -0.2) is 32.6 Å². The van der Waals surface area contributed by atoms with Crippen LogP contribution in [-0.2, 0) is 4.79 Å². The molecule has 1 aliphatic rings. The number of carbonyl (C=O) groups excluding carboxylic acids is 1. The zero-order chi connectivity index (χ0) is 23.2. The van der Waals surface area contributed by atoms with Gasteiger partial charge in [0.2, 0.25) is 0 Å². The van der Waals surface area contributed by atoms with Gasteiger partial charge in [-0.3, -0.25) is 9.36 Å². The summed E-state index contributed by atoms with van der Waals surface area (Å²) in [4.78, 5) is 12.4. The van der Waals surface area contributed by atoms with Gasteiger partial charge in [0.1, 0.15) is 0 Å². The van der Waals surface area contributed by atoms with Gasteiger partial charge in [-0.05, 0) is 31.9 Å². The van der Waals surface area contributed by atoms with Gasteiger partial charge < -0.3 is 0 Å². The predicted molar refractivity (Wildman–Crippen MR) is 135 cm³/mol. The number of halogens is 2. The third-order valence-corrected chi connectivity index (χ3v) is 7.23. The highest BCUT2D eigenvalue weighted by molar-refractivity contribution is 7.99. The number of rotatable bonds is 7. The molecule has 1 heterocycles. The van der Waals surface area contributed by atoms with Gasteiger partial charge in [0, 0.05) is 17.2 Å². The maximum atomic E-state index is 12.4. The summed E-state index contributed by atoms with van der Waals surface area (Å²) >= 11 is 13.6. The Kier molecular flexibility index (Phi) is 8.06. The fourth-order valence-corrected chi connectivity index (χ4v) is 5.20. The number of benzene rings is 2. The summed E-state index contributed by atoms with van der Waals surface area (Å²) in [6.45, 7) is 2.07. The predicted octanol–water partition coefficient (Wildman–Crippen LogP) is 6.31. The van der Waals surface area contributed by atoms with E-state index < -0.39 is 0 Å². The summed E-state index contributed by atoms with van der Waals surface area (Å²) in [5.74, 6) is 0.789. The normalized spacial score (nSPS) is 14.6. The SMILES string of the molecule is Cc1ccc(-c2nnc(SCC(=O)N/N=C/c3c(Cl)cccc3Cl)n2C2CCCCC2)cc1. The number of thioether (sulfide) groups is 1. The fourth-order valence-electron chi connectivity index (χ4n) is 3.91. The Labute approximate surface area is 207 Å². The molecule has 1 N–H and O–H groups in total. The van der Waals surface area contributed by atoms with Gasteiger partial charge in [-0.25, -0.2) is 5.43 Å². The van der Waals surface area contributed by atoms with Crippen molar-refractivity contribution in [2.45, 2.75) is 50.2 Å². The van der Waals surface area contributed by atoms with Crippen molar-refractivity contribution in [2.75, 3.05) is 5.75 Å². The van der Waals surface area contributed by atoms with Crippen LogP contribution in [0.3, 0.4) is 0 Å². The summed E-state index contributed by atoms with van der Waals surface area (Å²) in [6.07, 6.45) is 7.30.